The molecule has 42 heavy (non-hydrogen) atoms. The van der Waals surface area contributed by atoms with E-state index in [0.29, 0.717) is 42.3 Å². The van der Waals surface area contributed by atoms with Gasteiger partial charge < -0.3 is 36.1 Å². The van der Waals surface area contributed by atoms with Crippen LogP contribution in [0.15, 0.2) is 66.9 Å². The molecule has 222 valence electrons. The Morgan fingerprint density at radius 2 is 1.69 bits per heavy atom. The maximum absolute atomic E-state index is 12.0. The Kier molecular flexibility index (Phi) is 10.7. The van der Waals surface area contributed by atoms with Crippen LogP contribution < -0.4 is 25.8 Å². The summed E-state index contributed by atoms with van der Waals surface area (Å²) in [6.45, 7) is 7.06. The lowest BCUT2D eigenvalue weighted by molar-refractivity contribution is -0.117. The summed E-state index contributed by atoms with van der Waals surface area (Å²) in [4.78, 5) is 16.6. The van der Waals surface area contributed by atoms with E-state index in [4.69, 9.17) is 15.2 Å². The van der Waals surface area contributed by atoms with Gasteiger partial charge in [-0.25, -0.2) is 0 Å². The molecule has 0 bridgehead atoms. The van der Waals surface area contributed by atoms with Gasteiger partial charge in [-0.15, -0.1) is 0 Å². The summed E-state index contributed by atoms with van der Waals surface area (Å²) < 4.78 is 11.7. The Hall–Kier alpha value is -4.18. The molecule has 1 heterocycles. The van der Waals surface area contributed by atoms with Crippen molar-refractivity contribution in [3.8, 4) is 11.5 Å². The van der Waals surface area contributed by atoms with Crippen LogP contribution in [0, 0.1) is 0 Å². The standard InChI is InChI=1S/C33H40N4O5/c1-4-24-22(18-36-28(20-38)33(40)21-11-8-7-9-12-21)13-10-14-26(24)37-32-23(15-31(34)39)19-35-27-17-30(42-6-3)29(41-5-2)16-25(27)32/h7-14,16-17,19,28,33,36,38,40H,4-6,15,18,20H2,1-3H3,(H2,34,39)(H,35,37)/t28-,33-/m0/s1. The Bertz CT molecular complexity index is 1500. The lowest BCUT2D eigenvalue weighted by Crippen LogP contribution is -2.37. The van der Waals surface area contributed by atoms with Gasteiger partial charge in [0.15, 0.2) is 11.5 Å². The number of aromatic nitrogens is 1. The molecule has 9 heteroatoms. The highest BCUT2D eigenvalue weighted by Crippen LogP contribution is 2.38. The number of hydrogen-bond acceptors (Lipinski definition) is 8. The van der Waals surface area contributed by atoms with Crippen molar-refractivity contribution >= 4 is 28.2 Å². The zero-order chi connectivity index (χ0) is 30.1. The Labute approximate surface area is 246 Å². The van der Waals surface area contributed by atoms with Crippen molar-refractivity contribution in [2.75, 3.05) is 25.1 Å². The van der Waals surface area contributed by atoms with Gasteiger partial charge in [0.1, 0.15) is 0 Å². The molecule has 6 N–H and O–H groups in total. The van der Waals surface area contributed by atoms with Gasteiger partial charge in [0.05, 0.1) is 49.6 Å². The van der Waals surface area contributed by atoms with Crippen molar-refractivity contribution < 1.29 is 24.5 Å². The van der Waals surface area contributed by atoms with Crippen molar-refractivity contribution in [2.24, 2.45) is 5.73 Å². The van der Waals surface area contributed by atoms with Crippen LogP contribution in [0.5, 0.6) is 11.5 Å². The number of benzene rings is 3. The molecule has 1 amide bonds. The molecule has 0 saturated heterocycles. The first-order valence-corrected chi connectivity index (χ1v) is 14.3. The van der Waals surface area contributed by atoms with Crippen LogP contribution in [0.1, 0.15) is 49.1 Å². The summed E-state index contributed by atoms with van der Waals surface area (Å²) >= 11 is 0. The number of carbonyl (C=O) groups excluding carboxylic acids is 1. The fourth-order valence-corrected chi connectivity index (χ4v) is 5.12. The average molecular weight is 573 g/mol. The number of primary amides is 1. The van der Waals surface area contributed by atoms with E-state index in [1.165, 1.54) is 0 Å². The number of rotatable bonds is 15. The van der Waals surface area contributed by atoms with Gasteiger partial charge >= 0.3 is 0 Å². The van der Waals surface area contributed by atoms with Gasteiger partial charge in [0, 0.05) is 35.4 Å². The average Bonchev–Trinajstić information content (AvgIpc) is 2.99. The summed E-state index contributed by atoms with van der Waals surface area (Å²) in [5.74, 6) is 0.732. The quantitative estimate of drug-likeness (QED) is 0.140. The number of nitrogens with zero attached hydrogens (tertiary/aromatic N) is 1. The first kappa shape index (κ1) is 30.8. The highest BCUT2D eigenvalue weighted by molar-refractivity contribution is 5.98. The molecule has 3 aromatic carbocycles. The predicted octanol–water partition coefficient (Wildman–Crippen LogP) is 4.55. The predicted molar refractivity (Wildman–Crippen MR) is 165 cm³/mol. The first-order valence-electron chi connectivity index (χ1n) is 14.3. The van der Waals surface area contributed by atoms with Crippen molar-refractivity contribution in [1.29, 1.82) is 0 Å². The first-order chi connectivity index (χ1) is 20.4. The van der Waals surface area contributed by atoms with E-state index in [1.54, 1.807) is 6.20 Å². The van der Waals surface area contributed by atoms with Crippen molar-refractivity contribution in [3.63, 3.8) is 0 Å². The van der Waals surface area contributed by atoms with Crippen LogP contribution in [0.25, 0.3) is 10.9 Å². The summed E-state index contributed by atoms with van der Waals surface area (Å²) in [7, 11) is 0. The van der Waals surface area contributed by atoms with E-state index in [-0.39, 0.29) is 13.0 Å². The molecule has 0 saturated carbocycles. The second-order valence-electron chi connectivity index (χ2n) is 9.93. The van der Waals surface area contributed by atoms with E-state index >= 15 is 0 Å². The van der Waals surface area contributed by atoms with E-state index in [0.717, 1.165) is 39.9 Å². The molecule has 1 aromatic heterocycles. The molecule has 4 aromatic rings. The molecule has 9 nitrogen and oxygen atoms in total. The zero-order valence-corrected chi connectivity index (χ0v) is 24.4. The van der Waals surface area contributed by atoms with Gasteiger partial charge in [-0.05, 0) is 49.1 Å². The molecule has 0 unspecified atom stereocenters. The molecule has 0 aliphatic rings. The van der Waals surface area contributed by atoms with Gasteiger partial charge in [0.2, 0.25) is 5.91 Å². The van der Waals surface area contributed by atoms with Crippen LogP contribution in [0.3, 0.4) is 0 Å². The summed E-state index contributed by atoms with van der Waals surface area (Å²) in [6.07, 6.45) is 1.54. The van der Waals surface area contributed by atoms with Crippen LogP contribution in [-0.2, 0) is 24.2 Å². The number of nitrogens with one attached hydrogen (secondary N) is 2. The van der Waals surface area contributed by atoms with Crippen molar-refractivity contribution in [3.05, 3.63) is 89.1 Å². The van der Waals surface area contributed by atoms with E-state index in [2.05, 4.69) is 22.5 Å². The van der Waals surface area contributed by atoms with Crippen LogP contribution in [0.4, 0.5) is 11.4 Å². The summed E-state index contributed by atoms with van der Waals surface area (Å²) in [5, 5.41) is 28.6. The third-order valence-electron chi connectivity index (χ3n) is 7.14. The van der Waals surface area contributed by atoms with Gasteiger partial charge in [-0.1, -0.05) is 49.4 Å². The smallest absolute Gasteiger partial charge is 0.221 e. The molecular formula is C33H40N4O5. The number of nitrogens with two attached hydrogens (primary N) is 1. The summed E-state index contributed by atoms with van der Waals surface area (Å²) in [5.41, 5.74) is 11.4. The molecule has 0 aliphatic heterocycles. The monoisotopic (exact) mass is 572 g/mol. The largest absolute Gasteiger partial charge is 0.490 e. The van der Waals surface area contributed by atoms with Gasteiger partial charge in [-0.2, -0.15) is 0 Å². The van der Waals surface area contributed by atoms with E-state index < -0.39 is 18.1 Å². The number of aliphatic hydroxyl groups excluding tert-OH is 2. The number of hydrogen-bond donors (Lipinski definition) is 5. The molecule has 2 atom stereocenters. The molecule has 0 spiro atoms. The third kappa shape index (κ3) is 7.17. The maximum atomic E-state index is 12.0. The number of carbonyl (C=O) groups is 1. The van der Waals surface area contributed by atoms with E-state index in [9.17, 15) is 15.0 Å². The lowest BCUT2D eigenvalue weighted by atomic mass is 9.99. The van der Waals surface area contributed by atoms with Gasteiger partial charge in [0.25, 0.3) is 0 Å². The normalized spacial score (nSPS) is 12.6. The number of pyridine rings is 1. The molecular weight excluding hydrogens is 532 g/mol. The molecule has 4 rings (SSSR count). The fraction of sp³-hybridized carbons (Fsp3) is 0.333. The Morgan fingerprint density at radius 1 is 0.976 bits per heavy atom. The SMILES string of the molecule is CCOc1cc2ncc(CC(N)=O)c(Nc3cccc(CN[C@@H](CO)[C@@H](O)c4ccccc4)c3CC)c2cc1OCC. The van der Waals surface area contributed by atoms with Crippen LogP contribution in [-0.4, -0.2) is 47.0 Å². The molecule has 0 aliphatic carbocycles. The second-order valence-corrected chi connectivity index (χ2v) is 9.93. The maximum Gasteiger partial charge on any atom is 0.221 e. The highest BCUT2D eigenvalue weighted by atomic mass is 16.5. The van der Waals surface area contributed by atoms with Gasteiger partial charge in [-0.3, -0.25) is 9.78 Å². The number of anilines is 2. The summed E-state index contributed by atoms with van der Waals surface area (Å²) in [6, 6.07) is 18.5. The fourth-order valence-electron chi connectivity index (χ4n) is 5.12. The molecule has 0 fully saturated rings. The van der Waals surface area contributed by atoms with Crippen molar-refractivity contribution in [1.82, 2.24) is 10.3 Å². The van der Waals surface area contributed by atoms with Crippen LogP contribution in [0.2, 0.25) is 0 Å². The Morgan fingerprint density at radius 3 is 2.33 bits per heavy atom. The number of ether oxygens (including phenoxy) is 2. The Balaban J connectivity index is 1.70. The highest BCUT2D eigenvalue weighted by Gasteiger charge is 2.21. The minimum Gasteiger partial charge on any atom is -0.490 e. The minimum absolute atomic E-state index is 0.0146. The van der Waals surface area contributed by atoms with E-state index in [1.807, 2.05) is 74.5 Å². The zero-order valence-electron chi connectivity index (χ0n) is 24.4. The number of amides is 1. The lowest BCUT2D eigenvalue weighted by Gasteiger charge is -2.24. The topological polar surface area (TPSA) is 139 Å². The molecule has 0 radical (unpaired) electrons. The number of fused-ring (bicyclic) bond motifs is 1. The number of aliphatic hydroxyl groups is 2. The second kappa shape index (κ2) is 14.6. The minimum atomic E-state index is -0.858. The van der Waals surface area contributed by atoms with Crippen molar-refractivity contribution in [2.45, 2.75) is 52.3 Å². The third-order valence-corrected chi connectivity index (χ3v) is 7.14. The van der Waals surface area contributed by atoms with Crippen LogP contribution >= 0.6 is 0 Å².